The van der Waals surface area contributed by atoms with Crippen LogP contribution in [-0.2, 0) is 38.1 Å². The lowest BCUT2D eigenvalue weighted by Crippen LogP contribution is -2.78. The van der Waals surface area contributed by atoms with Gasteiger partial charge in [-0.1, -0.05) is 34.6 Å². The van der Waals surface area contributed by atoms with Crippen molar-refractivity contribution in [3.63, 3.8) is 0 Å². The topological polar surface area (TPSA) is 219 Å². The fraction of sp³-hybridized carbons (Fsp3) is 0.902. The number of esters is 3. The number of carbonyl (C=O) groups excluding carboxylic acids is 3. The lowest BCUT2D eigenvalue weighted by Gasteiger charge is -2.64. The van der Waals surface area contributed by atoms with Crippen LogP contribution in [0, 0.1) is 46.8 Å². The molecule has 0 radical (unpaired) electrons. The summed E-state index contributed by atoms with van der Waals surface area (Å²) in [6.07, 6.45) is -6.15. The van der Waals surface area contributed by atoms with E-state index in [2.05, 4.69) is 11.8 Å². The van der Waals surface area contributed by atoms with Gasteiger partial charge in [-0.2, -0.15) is 0 Å². The highest BCUT2D eigenvalue weighted by Crippen LogP contribution is 2.78. The van der Waals surface area contributed by atoms with Gasteiger partial charge in [-0.05, 0) is 83.5 Å². The Labute approximate surface area is 328 Å². The number of carboxylic acid groups (broad SMARTS) is 1. The second-order valence-corrected chi connectivity index (χ2v) is 19.5. The molecule has 7 unspecified atom stereocenters. The van der Waals surface area contributed by atoms with E-state index in [0.29, 0.717) is 38.3 Å². The lowest BCUT2D eigenvalue weighted by molar-refractivity contribution is -0.300. The Morgan fingerprint density at radius 2 is 1.62 bits per heavy atom. The van der Waals surface area contributed by atoms with Crippen LogP contribution in [0.2, 0.25) is 0 Å². The average molecular weight is 794 g/mol. The van der Waals surface area contributed by atoms with Crippen LogP contribution < -0.4 is 0 Å². The highest BCUT2D eigenvalue weighted by atomic mass is 16.7. The van der Waals surface area contributed by atoms with Crippen LogP contribution in [-0.4, -0.2) is 132 Å². The van der Waals surface area contributed by atoms with E-state index in [1.165, 1.54) is 13.8 Å². The van der Waals surface area contributed by atoms with Gasteiger partial charge in [0, 0.05) is 43.3 Å². The summed E-state index contributed by atoms with van der Waals surface area (Å²) < 4.78 is 31.5. The molecular formula is C41H63NO14. The van der Waals surface area contributed by atoms with Crippen molar-refractivity contribution in [3.8, 4) is 0 Å². The van der Waals surface area contributed by atoms with Crippen LogP contribution in [0.25, 0.3) is 0 Å². The fourth-order valence-electron chi connectivity index (χ4n) is 13.5. The summed E-state index contributed by atoms with van der Waals surface area (Å²) in [4.78, 5) is 55.3. The predicted molar refractivity (Wildman–Crippen MR) is 196 cm³/mol. The number of rotatable bonds is 8. The van der Waals surface area contributed by atoms with Crippen LogP contribution in [0.5, 0.6) is 0 Å². The van der Waals surface area contributed by atoms with Crippen LogP contribution in [0.4, 0.5) is 4.79 Å². The van der Waals surface area contributed by atoms with Crippen molar-refractivity contribution in [2.75, 3.05) is 13.1 Å². The first kappa shape index (κ1) is 41.6. The largest absolute Gasteiger partial charge is 0.506 e. The lowest BCUT2D eigenvalue weighted by atomic mass is 9.47. The normalized spacial score (nSPS) is 50.5. The van der Waals surface area contributed by atoms with Crippen LogP contribution in [0.15, 0.2) is 0 Å². The van der Waals surface area contributed by atoms with Crippen LogP contribution >= 0.6 is 0 Å². The highest BCUT2D eigenvalue weighted by Gasteiger charge is 2.89. The van der Waals surface area contributed by atoms with Crippen molar-refractivity contribution >= 4 is 24.1 Å². The smallest absolute Gasteiger partial charge is 0.458 e. The molecule has 3 heterocycles. The summed E-state index contributed by atoms with van der Waals surface area (Å²) in [5.74, 6) is -7.07. The van der Waals surface area contributed by atoms with Gasteiger partial charge in [-0.3, -0.25) is 14.5 Å². The van der Waals surface area contributed by atoms with Gasteiger partial charge in [-0.25, -0.2) is 9.59 Å². The average Bonchev–Trinajstić information content (AvgIpc) is 3.40. The van der Waals surface area contributed by atoms with Gasteiger partial charge >= 0.3 is 24.1 Å². The zero-order valence-electron chi connectivity index (χ0n) is 34.2. The summed E-state index contributed by atoms with van der Waals surface area (Å²) in [6.45, 7) is 16.3. The van der Waals surface area contributed by atoms with E-state index in [0.717, 1.165) is 6.42 Å². The molecule has 15 heteroatoms. The van der Waals surface area contributed by atoms with E-state index >= 15 is 0 Å². The minimum Gasteiger partial charge on any atom is -0.458 e. The number of hydrogen-bond donors (Lipinski definition) is 5. The van der Waals surface area contributed by atoms with Gasteiger partial charge in [0.15, 0.2) is 11.7 Å². The monoisotopic (exact) mass is 793 g/mol. The first-order valence-corrected chi connectivity index (χ1v) is 20.7. The molecule has 19 atom stereocenters. The van der Waals surface area contributed by atoms with Crippen LogP contribution in [0.3, 0.4) is 0 Å². The third-order valence-electron chi connectivity index (χ3n) is 16.3. The van der Waals surface area contributed by atoms with Gasteiger partial charge in [0.25, 0.3) is 0 Å². The molecule has 1 spiro atoms. The summed E-state index contributed by atoms with van der Waals surface area (Å²) in [5.41, 5.74) is -9.44. The van der Waals surface area contributed by atoms with E-state index in [1.807, 2.05) is 13.8 Å². The minimum atomic E-state index is -2.20. The molecule has 3 saturated heterocycles. The molecular weight excluding hydrogens is 730 g/mol. The number of carbonyl (C=O) groups is 4. The summed E-state index contributed by atoms with van der Waals surface area (Å²) >= 11 is 0. The Balaban J connectivity index is 1.45. The van der Waals surface area contributed by atoms with E-state index in [-0.39, 0.29) is 25.3 Å². The second kappa shape index (κ2) is 13.5. The maximum atomic E-state index is 13.9. The molecule has 3 aliphatic heterocycles. The molecule has 0 amide bonds. The number of ether oxygens (including phenoxy) is 5. The molecule has 0 aromatic rings. The Morgan fingerprint density at radius 1 is 0.964 bits per heavy atom. The molecule has 0 aromatic heterocycles. The fourth-order valence-corrected chi connectivity index (χ4v) is 13.5. The first-order chi connectivity index (χ1) is 26.0. The number of piperidine rings is 2. The zero-order chi connectivity index (χ0) is 41.3. The van der Waals surface area contributed by atoms with Gasteiger partial charge in [0.1, 0.15) is 29.5 Å². The second-order valence-electron chi connectivity index (χ2n) is 19.5. The quantitative estimate of drug-likeness (QED) is 0.176. The molecule has 4 aliphatic carbocycles. The molecule has 4 bridgehead atoms. The van der Waals surface area contributed by atoms with E-state index < -0.39 is 124 Å². The molecule has 316 valence electrons. The molecule has 4 saturated carbocycles. The molecule has 0 aromatic carbocycles. The van der Waals surface area contributed by atoms with Crippen molar-refractivity contribution in [2.45, 2.75) is 172 Å². The maximum absolute atomic E-state index is 13.9. The molecule has 5 N–H and O–H groups in total. The molecule has 56 heavy (non-hydrogen) atoms. The minimum absolute atomic E-state index is 0.0688. The third-order valence-corrected chi connectivity index (χ3v) is 16.3. The Kier molecular flexibility index (Phi) is 10.0. The van der Waals surface area contributed by atoms with Gasteiger partial charge in [0.2, 0.25) is 0 Å². The third kappa shape index (κ3) is 5.56. The summed E-state index contributed by atoms with van der Waals surface area (Å²) in [7, 11) is 0. The highest BCUT2D eigenvalue weighted by molar-refractivity contribution is 5.79. The summed E-state index contributed by atoms with van der Waals surface area (Å²) in [5, 5.41) is 60.3. The van der Waals surface area contributed by atoms with Gasteiger partial charge in [0.05, 0.1) is 29.1 Å². The molecule has 7 rings (SSSR count). The predicted octanol–water partition coefficient (Wildman–Crippen LogP) is 2.81. The van der Waals surface area contributed by atoms with Crippen molar-refractivity contribution in [2.24, 2.45) is 46.8 Å². The Morgan fingerprint density at radius 3 is 2.23 bits per heavy atom. The first-order valence-electron chi connectivity index (χ1n) is 20.7. The maximum Gasteiger partial charge on any atom is 0.506 e. The van der Waals surface area contributed by atoms with E-state index in [4.69, 9.17) is 23.7 Å². The summed E-state index contributed by atoms with van der Waals surface area (Å²) in [6, 6.07) is -0.297. The van der Waals surface area contributed by atoms with Crippen molar-refractivity contribution in [3.05, 3.63) is 0 Å². The number of aliphatic hydroxyl groups excluding tert-OH is 1. The van der Waals surface area contributed by atoms with Crippen molar-refractivity contribution in [1.29, 1.82) is 0 Å². The number of fused-ring (bicyclic) bond motifs is 5. The van der Waals surface area contributed by atoms with Gasteiger partial charge < -0.3 is 49.2 Å². The van der Waals surface area contributed by atoms with E-state index in [9.17, 15) is 44.7 Å². The van der Waals surface area contributed by atoms with Crippen LogP contribution in [0.1, 0.15) is 107 Å². The zero-order valence-corrected chi connectivity index (χ0v) is 34.2. The Bertz CT molecular complexity index is 1620. The molecule has 7 aliphatic rings. The van der Waals surface area contributed by atoms with Crippen molar-refractivity contribution < 1.29 is 68.4 Å². The SMILES string of the molecule is CCC(C)C(=O)O[C@H]1[C@H](O)C2C(CN3C[C@@H](C)CC[C@H]3[C@@]2(C)O)C2C[C@@]34O[C@@]5(C)C([C@@H](OC(=O)O)[C@@H](OC(C)=O)C3[C@@]21O)[C@]4(C)CC[C@@H]5OC(=O)C(C)(O)CC. The standard InChI is InChI=1S/C41H63NO14/c1-10-20(4)33(45)55-32-27(44)26-22(18-42-17-19(3)12-13-24(42)38(26,8)50)23-16-40-31(41(23,32)51)29(52-21(5)43)28(54-35(47)48)30-36(40,6)15-14-25(39(30,9)56-40)53-34(46)37(7,49)11-2/h19-20,22-32,44,49-51H,10-18H2,1-9H3,(H,47,48)/t19-,20?,22?,23?,24-,25-,26?,27+,28-,29+,30?,31?,32-,36-,37?,38+,39+,40+,41-/m0/s1. The van der Waals surface area contributed by atoms with Crippen molar-refractivity contribution in [1.82, 2.24) is 4.90 Å². The molecule has 15 nitrogen and oxygen atoms in total. The number of aliphatic hydroxyl groups is 4. The number of hydrogen-bond acceptors (Lipinski definition) is 14. The Hall–Kier alpha value is -2.56. The molecule has 7 fully saturated rings. The van der Waals surface area contributed by atoms with E-state index in [1.54, 1.807) is 27.7 Å². The van der Waals surface area contributed by atoms with Gasteiger partial charge in [-0.15, -0.1) is 0 Å². The number of nitrogens with zero attached hydrogens (tertiary/aromatic N) is 1.